The largest absolute Gasteiger partial charge is 0.493 e. The van der Waals surface area contributed by atoms with Crippen LogP contribution in [-0.2, 0) is 19.7 Å². The van der Waals surface area contributed by atoms with Gasteiger partial charge in [-0.25, -0.2) is 8.78 Å². The third-order valence-corrected chi connectivity index (χ3v) is 3.86. The number of carbonyl (C=O) groups excluding carboxylic acids is 2. The molecular weight excluding hydrogens is 368 g/mol. The molecule has 0 spiro atoms. The second-order valence-corrected chi connectivity index (χ2v) is 7.21. The lowest BCUT2D eigenvalue weighted by Gasteiger charge is -2.19. The van der Waals surface area contributed by atoms with Crippen molar-refractivity contribution in [3.8, 4) is 5.75 Å². The van der Waals surface area contributed by atoms with Gasteiger partial charge in [0.15, 0.2) is 18.2 Å². The van der Waals surface area contributed by atoms with Crippen LogP contribution in [0.2, 0.25) is 0 Å². The van der Waals surface area contributed by atoms with Gasteiger partial charge in [0.1, 0.15) is 5.75 Å². The van der Waals surface area contributed by atoms with Crippen LogP contribution in [0, 0.1) is 11.6 Å². The number of carbonyl (C=O) groups is 2. The van der Waals surface area contributed by atoms with E-state index in [1.54, 1.807) is 0 Å². The van der Waals surface area contributed by atoms with Gasteiger partial charge in [-0.2, -0.15) is 0 Å². The molecule has 0 fully saturated rings. The maximum absolute atomic E-state index is 13.1. The molecule has 0 heterocycles. The van der Waals surface area contributed by atoms with Crippen molar-refractivity contribution in [3.63, 3.8) is 0 Å². The summed E-state index contributed by atoms with van der Waals surface area (Å²) in [6.45, 7) is 5.92. The van der Waals surface area contributed by atoms with Gasteiger partial charge in [0, 0.05) is 11.8 Å². The smallest absolute Gasteiger partial charge is 0.309 e. The summed E-state index contributed by atoms with van der Waals surface area (Å²) in [7, 11) is 0. The Labute approximate surface area is 162 Å². The van der Waals surface area contributed by atoms with Crippen LogP contribution in [0.15, 0.2) is 42.5 Å². The minimum Gasteiger partial charge on any atom is -0.493 e. The number of anilines is 1. The number of esters is 1. The summed E-state index contributed by atoms with van der Waals surface area (Å²) in [6.07, 6.45) is -0.0283. The van der Waals surface area contributed by atoms with Crippen LogP contribution in [0.5, 0.6) is 5.75 Å². The molecule has 0 saturated heterocycles. The van der Waals surface area contributed by atoms with E-state index in [0.717, 1.165) is 12.1 Å². The van der Waals surface area contributed by atoms with E-state index < -0.39 is 30.1 Å². The van der Waals surface area contributed by atoms with Gasteiger partial charge in [-0.15, -0.1) is 0 Å². The first-order valence-electron chi connectivity index (χ1n) is 8.79. The number of ether oxygens (including phenoxy) is 2. The first kappa shape index (κ1) is 21.3. The monoisotopic (exact) mass is 391 g/mol. The van der Waals surface area contributed by atoms with Gasteiger partial charge in [0.2, 0.25) is 0 Å². The number of halogens is 2. The van der Waals surface area contributed by atoms with Crippen LogP contribution in [0.25, 0.3) is 0 Å². The highest BCUT2D eigenvalue weighted by atomic mass is 19.2. The summed E-state index contributed by atoms with van der Waals surface area (Å²) in [5.41, 5.74) is 1.29. The number of benzene rings is 2. The van der Waals surface area contributed by atoms with Crippen molar-refractivity contribution >= 4 is 17.6 Å². The Kier molecular flexibility index (Phi) is 7.09. The molecule has 2 aromatic rings. The van der Waals surface area contributed by atoms with Gasteiger partial charge in [-0.05, 0) is 35.2 Å². The van der Waals surface area contributed by atoms with Gasteiger partial charge >= 0.3 is 5.97 Å². The molecule has 0 saturated carbocycles. The van der Waals surface area contributed by atoms with E-state index in [0.29, 0.717) is 5.75 Å². The zero-order valence-corrected chi connectivity index (χ0v) is 16.1. The molecule has 150 valence electrons. The van der Waals surface area contributed by atoms with Crippen molar-refractivity contribution < 1.29 is 27.8 Å². The normalized spacial score (nSPS) is 11.0. The zero-order valence-electron chi connectivity index (χ0n) is 16.1. The number of hydrogen-bond donors (Lipinski definition) is 1. The van der Waals surface area contributed by atoms with Gasteiger partial charge in [-0.3, -0.25) is 9.59 Å². The molecule has 0 aliphatic heterocycles. The minimum atomic E-state index is -1.08. The third kappa shape index (κ3) is 6.64. The van der Waals surface area contributed by atoms with Gasteiger partial charge in [0.05, 0.1) is 13.0 Å². The van der Waals surface area contributed by atoms with Crippen molar-refractivity contribution in [1.29, 1.82) is 0 Å². The van der Waals surface area contributed by atoms with Crippen molar-refractivity contribution in [2.45, 2.75) is 32.6 Å². The zero-order chi connectivity index (χ0) is 20.7. The van der Waals surface area contributed by atoms with E-state index in [2.05, 4.69) is 26.1 Å². The first-order valence-corrected chi connectivity index (χ1v) is 8.79. The SMILES string of the molecule is CC(C)(C)c1ccc(OCCC(=O)OCC(=O)Nc2ccc(F)c(F)c2)cc1. The van der Waals surface area contributed by atoms with Crippen molar-refractivity contribution in [2.24, 2.45) is 0 Å². The summed E-state index contributed by atoms with van der Waals surface area (Å²) < 4.78 is 36.2. The van der Waals surface area contributed by atoms with E-state index in [-0.39, 0.29) is 24.1 Å². The molecule has 1 N–H and O–H groups in total. The number of hydrogen-bond acceptors (Lipinski definition) is 4. The van der Waals surface area contributed by atoms with Crippen LogP contribution in [0.4, 0.5) is 14.5 Å². The quantitative estimate of drug-likeness (QED) is 0.718. The molecule has 5 nitrogen and oxygen atoms in total. The molecule has 0 radical (unpaired) electrons. The molecule has 0 aromatic heterocycles. The lowest BCUT2D eigenvalue weighted by molar-refractivity contribution is -0.147. The van der Waals surface area contributed by atoms with E-state index in [9.17, 15) is 18.4 Å². The van der Waals surface area contributed by atoms with Crippen LogP contribution >= 0.6 is 0 Å². The fraction of sp³-hybridized carbons (Fsp3) is 0.333. The van der Waals surface area contributed by atoms with E-state index in [1.807, 2.05) is 24.3 Å². The Morgan fingerprint density at radius 1 is 1.00 bits per heavy atom. The average Bonchev–Trinajstić information content (AvgIpc) is 2.63. The van der Waals surface area contributed by atoms with Crippen molar-refractivity contribution in [2.75, 3.05) is 18.5 Å². The maximum atomic E-state index is 13.1. The maximum Gasteiger partial charge on any atom is 0.309 e. The Balaban J connectivity index is 1.69. The first-order chi connectivity index (χ1) is 13.1. The Morgan fingerprint density at radius 3 is 2.29 bits per heavy atom. The Morgan fingerprint density at radius 2 is 1.68 bits per heavy atom. The predicted molar refractivity (Wildman–Crippen MR) is 101 cm³/mol. The molecule has 0 bridgehead atoms. The highest BCUT2D eigenvalue weighted by Crippen LogP contribution is 2.24. The fourth-order valence-electron chi connectivity index (χ4n) is 2.29. The fourth-order valence-corrected chi connectivity index (χ4v) is 2.29. The Bertz CT molecular complexity index is 829. The lowest BCUT2D eigenvalue weighted by atomic mass is 9.87. The average molecular weight is 391 g/mol. The standard InChI is InChI=1S/C21H23F2NO4/c1-21(2,3)14-4-7-16(8-5-14)27-11-10-20(26)28-13-19(25)24-15-6-9-17(22)18(23)12-15/h4-9,12H,10-11,13H2,1-3H3,(H,24,25). The molecule has 7 heteroatoms. The lowest BCUT2D eigenvalue weighted by Crippen LogP contribution is -2.21. The van der Waals surface area contributed by atoms with E-state index in [1.165, 1.54) is 11.6 Å². The summed E-state index contributed by atoms with van der Waals surface area (Å²) in [5, 5.41) is 2.31. The van der Waals surface area contributed by atoms with Gasteiger partial charge in [-0.1, -0.05) is 32.9 Å². The van der Waals surface area contributed by atoms with E-state index in [4.69, 9.17) is 9.47 Å². The molecule has 2 aromatic carbocycles. The van der Waals surface area contributed by atoms with Crippen LogP contribution in [0.1, 0.15) is 32.8 Å². The van der Waals surface area contributed by atoms with Crippen molar-refractivity contribution in [1.82, 2.24) is 0 Å². The number of nitrogens with one attached hydrogen (secondary N) is 1. The van der Waals surface area contributed by atoms with Crippen LogP contribution < -0.4 is 10.1 Å². The van der Waals surface area contributed by atoms with Gasteiger partial charge in [0.25, 0.3) is 5.91 Å². The summed E-state index contributed by atoms with van der Waals surface area (Å²) in [6, 6.07) is 10.5. The van der Waals surface area contributed by atoms with E-state index >= 15 is 0 Å². The summed E-state index contributed by atoms with van der Waals surface area (Å²) >= 11 is 0. The molecule has 28 heavy (non-hydrogen) atoms. The summed E-state index contributed by atoms with van der Waals surface area (Å²) in [5.74, 6) is -2.72. The third-order valence-electron chi connectivity index (χ3n) is 3.86. The molecule has 0 unspecified atom stereocenters. The molecule has 0 atom stereocenters. The number of amides is 1. The summed E-state index contributed by atoms with van der Waals surface area (Å²) in [4.78, 5) is 23.4. The molecule has 1 amide bonds. The van der Waals surface area contributed by atoms with Crippen LogP contribution in [-0.4, -0.2) is 25.1 Å². The molecular formula is C21H23F2NO4. The highest BCUT2D eigenvalue weighted by molar-refractivity contribution is 5.92. The van der Waals surface area contributed by atoms with Crippen molar-refractivity contribution in [3.05, 3.63) is 59.7 Å². The molecule has 0 aliphatic carbocycles. The Hall–Kier alpha value is -2.96. The molecule has 0 aliphatic rings. The highest BCUT2D eigenvalue weighted by Gasteiger charge is 2.13. The molecule has 2 rings (SSSR count). The second kappa shape index (κ2) is 9.30. The second-order valence-electron chi connectivity index (χ2n) is 7.21. The predicted octanol–water partition coefficient (Wildman–Crippen LogP) is 4.21. The topological polar surface area (TPSA) is 64.6 Å². The van der Waals surface area contributed by atoms with Crippen LogP contribution in [0.3, 0.4) is 0 Å². The number of rotatable bonds is 7. The van der Waals surface area contributed by atoms with Gasteiger partial charge < -0.3 is 14.8 Å². The minimum absolute atomic E-state index is 0.0283.